The molecule has 6 heteroatoms. The van der Waals surface area contributed by atoms with Crippen LogP contribution in [0.4, 0.5) is 0 Å². The highest BCUT2D eigenvalue weighted by Gasteiger charge is 2.24. The van der Waals surface area contributed by atoms with Crippen LogP contribution in [-0.2, 0) is 4.74 Å². The van der Waals surface area contributed by atoms with Crippen molar-refractivity contribution in [2.24, 2.45) is 0 Å². The minimum absolute atomic E-state index is 0.210. The van der Waals surface area contributed by atoms with Gasteiger partial charge in [-0.3, -0.25) is 0 Å². The van der Waals surface area contributed by atoms with Crippen molar-refractivity contribution in [3.8, 4) is 28.7 Å². The quantitative estimate of drug-likeness (QED) is 0.739. The standard InChI is InChI=1S/C19H22O6/c1-11-7-13(21-3)9-14(8-11)25-18-15(19(20)24-6)10-16(22-4)12(2)17(18)23-5/h7-10H,1-6H3. The van der Waals surface area contributed by atoms with Crippen LogP contribution >= 0.6 is 0 Å². The second kappa shape index (κ2) is 7.79. The Kier molecular flexibility index (Phi) is 5.75. The Bertz CT molecular complexity index is 782. The molecule has 0 saturated heterocycles. The van der Waals surface area contributed by atoms with Gasteiger partial charge in [0.25, 0.3) is 0 Å². The Labute approximate surface area is 147 Å². The summed E-state index contributed by atoms with van der Waals surface area (Å²) in [5.74, 6) is 1.79. The zero-order valence-corrected chi connectivity index (χ0v) is 15.3. The number of aryl methyl sites for hydroxylation is 1. The molecule has 0 radical (unpaired) electrons. The molecule has 25 heavy (non-hydrogen) atoms. The molecule has 2 aromatic rings. The predicted octanol–water partition coefficient (Wildman–Crippen LogP) is 3.91. The number of rotatable bonds is 6. The van der Waals surface area contributed by atoms with Crippen molar-refractivity contribution in [2.45, 2.75) is 13.8 Å². The van der Waals surface area contributed by atoms with Gasteiger partial charge < -0.3 is 23.7 Å². The van der Waals surface area contributed by atoms with E-state index in [0.717, 1.165) is 5.56 Å². The van der Waals surface area contributed by atoms with Crippen LogP contribution in [0.1, 0.15) is 21.5 Å². The Morgan fingerprint density at radius 2 is 1.48 bits per heavy atom. The molecule has 134 valence electrons. The molecule has 0 aliphatic rings. The Hall–Kier alpha value is -2.89. The molecular formula is C19H22O6. The van der Waals surface area contributed by atoms with Crippen molar-refractivity contribution in [2.75, 3.05) is 28.4 Å². The van der Waals surface area contributed by atoms with Gasteiger partial charge >= 0.3 is 5.97 Å². The Morgan fingerprint density at radius 3 is 2.04 bits per heavy atom. The van der Waals surface area contributed by atoms with Gasteiger partial charge in [-0.15, -0.1) is 0 Å². The maximum atomic E-state index is 12.2. The molecule has 2 rings (SSSR count). The molecule has 0 bridgehead atoms. The van der Waals surface area contributed by atoms with Gasteiger partial charge in [0.2, 0.25) is 0 Å². The first-order chi connectivity index (χ1) is 11.9. The van der Waals surface area contributed by atoms with Crippen molar-refractivity contribution in [3.05, 3.63) is 41.0 Å². The minimum atomic E-state index is -0.550. The van der Waals surface area contributed by atoms with Gasteiger partial charge in [-0.05, 0) is 37.6 Å². The Morgan fingerprint density at radius 1 is 0.800 bits per heavy atom. The molecule has 0 aliphatic carbocycles. The summed E-state index contributed by atoms with van der Waals surface area (Å²) in [6.07, 6.45) is 0. The van der Waals surface area contributed by atoms with Crippen molar-refractivity contribution in [3.63, 3.8) is 0 Å². The number of benzene rings is 2. The van der Waals surface area contributed by atoms with Crippen LogP contribution in [0, 0.1) is 13.8 Å². The van der Waals surface area contributed by atoms with Gasteiger partial charge in [-0.1, -0.05) is 0 Å². The third-order valence-electron chi connectivity index (χ3n) is 3.75. The second-order valence-corrected chi connectivity index (χ2v) is 5.39. The lowest BCUT2D eigenvalue weighted by Gasteiger charge is -2.18. The van der Waals surface area contributed by atoms with E-state index in [9.17, 15) is 4.79 Å². The first kappa shape index (κ1) is 18.4. The molecule has 0 heterocycles. The maximum absolute atomic E-state index is 12.2. The summed E-state index contributed by atoms with van der Waals surface area (Å²) in [5, 5.41) is 0. The third kappa shape index (κ3) is 3.79. The summed E-state index contributed by atoms with van der Waals surface area (Å²) < 4.78 is 26.9. The number of carbonyl (C=O) groups excluding carboxylic acids is 1. The zero-order chi connectivity index (χ0) is 18.6. The van der Waals surface area contributed by atoms with Crippen LogP contribution in [0.3, 0.4) is 0 Å². The van der Waals surface area contributed by atoms with Gasteiger partial charge in [0.05, 0.1) is 28.4 Å². The monoisotopic (exact) mass is 346 g/mol. The van der Waals surface area contributed by atoms with Crippen LogP contribution < -0.4 is 18.9 Å². The van der Waals surface area contributed by atoms with Gasteiger partial charge in [0, 0.05) is 11.6 Å². The molecule has 2 aromatic carbocycles. The van der Waals surface area contributed by atoms with Gasteiger partial charge in [0.15, 0.2) is 11.5 Å². The molecule has 0 aromatic heterocycles. The lowest BCUT2D eigenvalue weighted by molar-refractivity contribution is 0.0597. The average Bonchev–Trinajstić information content (AvgIpc) is 2.61. The number of esters is 1. The summed E-state index contributed by atoms with van der Waals surface area (Å²) in [4.78, 5) is 12.2. The second-order valence-electron chi connectivity index (χ2n) is 5.39. The highest BCUT2D eigenvalue weighted by atomic mass is 16.5. The number of carbonyl (C=O) groups is 1. The van der Waals surface area contributed by atoms with Crippen LogP contribution in [0.2, 0.25) is 0 Å². The average molecular weight is 346 g/mol. The molecule has 0 amide bonds. The van der Waals surface area contributed by atoms with Crippen molar-refractivity contribution < 1.29 is 28.5 Å². The van der Waals surface area contributed by atoms with Crippen molar-refractivity contribution in [1.82, 2.24) is 0 Å². The molecule has 0 N–H and O–H groups in total. The number of ether oxygens (including phenoxy) is 5. The van der Waals surface area contributed by atoms with Crippen LogP contribution in [0.5, 0.6) is 28.7 Å². The number of hydrogen-bond donors (Lipinski definition) is 0. The number of hydrogen-bond acceptors (Lipinski definition) is 6. The predicted molar refractivity (Wildman–Crippen MR) is 93.4 cm³/mol. The molecule has 0 saturated carbocycles. The highest BCUT2D eigenvalue weighted by Crippen LogP contribution is 2.43. The lowest BCUT2D eigenvalue weighted by atomic mass is 10.1. The molecule has 0 fully saturated rings. The fraction of sp³-hybridized carbons (Fsp3) is 0.316. The van der Waals surface area contributed by atoms with E-state index in [1.54, 1.807) is 19.2 Å². The van der Waals surface area contributed by atoms with Gasteiger partial charge in [-0.2, -0.15) is 0 Å². The fourth-order valence-corrected chi connectivity index (χ4v) is 2.54. The maximum Gasteiger partial charge on any atom is 0.341 e. The van der Waals surface area contributed by atoms with Crippen LogP contribution in [0.15, 0.2) is 24.3 Å². The van der Waals surface area contributed by atoms with E-state index in [0.29, 0.717) is 28.6 Å². The van der Waals surface area contributed by atoms with E-state index in [4.69, 9.17) is 23.7 Å². The molecule has 0 unspecified atom stereocenters. The zero-order valence-electron chi connectivity index (χ0n) is 15.3. The molecule has 0 atom stereocenters. The van der Waals surface area contributed by atoms with E-state index >= 15 is 0 Å². The van der Waals surface area contributed by atoms with Gasteiger partial charge in [-0.25, -0.2) is 4.79 Å². The van der Waals surface area contributed by atoms with E-state index in [1.807, 2.05) is 26.0 Å². The summed E-state index contributed by atoms with van der Waals surface area (Å²) in [6, 6.07) is 7.02. The molecular weight excluding hydrogens is 324 g/mol. The van der Waals surface area contributed by atoms with Crippen LogP contribution in [0.25, 0.3) is 0 Å². The number of methoxy groups -OCH3 is 4. The van der Waals surface area contributed by atoms with E-state index in [1.165, 1.54) is 21.3 Å². The van der Waals surface area contributed by atoms with Crippen molar-refractivity contribution in [1.29, 1.82) is 0 Å². The summed E-state index contributed by atoms with van der Waals surface area (Å²) in [5.41, 5.74) is 1.88. The molecule has 0 aliphatic heterocycles. The lowest BCUT2D eigenvalue weighted by Crippen LogP contribution is -2.07. The van der Waals surface area contributed by atoms with Crippen molar-refractivity contribution >= 4 is 5.97 Å². The van der Waals surface area contributed by atoms with E-state index in [2.05, 4.69) is 0 Å². The normalized spacial score (nSPS) is 10.2. The Balaban J connectivity index is 2.64. The molecule has 0 spiro atoms. The molecule has 6 nitrogen and oxygen atoms in total. The van der Waals surface area contributed by atoms with Gasteiger partial charge in [0.1, 0.15) is 22.8 Å². The highest BCUT2D eigenvalue weighted by molar-refractivity contribution is 5.94. The van der Waals surface area contributed by atoms with Crippen LogP contribution in [-0.4, -0.2) is 34.4 Å². The SMILES string of the molecule is COC(=O)c1cc(OC)c(C)c(OC)c1Oc1cc(C)cc(OC)c1. The van der Waals surface area contributed by atoms with E-state index < -0.39 is 5.97 Å². The summed E-state index contributed by atoms with van der Waals surface area (Å²) >= 11 is 0. The summed E-state index contributed by atoms with van der Waals surface area (Å²) in [6.45, 7) is 3.75. The first-order valence-electron chi connectivity index (χ1n) is 7.62. The minimum Gasteiger partial charge on any atom is -0.497 e. The smallest absolute Gasteiger partial charge is 0.341 e. The van der Waals surface area contributed by atoms with E-state index in [-0.39, 0.29) is 11.3 Å². The first-order valence-corrected chi connectivity index (χ1v) is 7.62. The third-order valence-corrected chi connectivity index (χ3v) is 3.75. The topological polar surface area (TPSA) is 63.2 Å². The summed E-state index contributed by atoms with van der Waals surface area (Å²) in [7, 11) is 5.92. The largest absolute Gasteiger partial charge is 0.497 e. The fourth-order valence-electron chi connectivity index (χ4n) is 2.54.